The molecule has 1 aromatic heterocycles. The van der Waals surface area contributed by atoms with E-state index in [-0.39, 0.29) is 34.4 Å². The molecular weight excluding hydrogens is 282 g/mol. The van der Waals surface area contributed by atoms with Crippen LogP contribution in [0, 0.1) is 10.1 Å². The Balaban J connectivity index is 2.37. The number of nitro groups is 1. The zero-order chi connectivity index (χ0) is 14.9. The first-order valence-electron chi connectivity index (χ1n) is 6.54. The van der Waals surface area contributed by atoms with Crippen molar-refractivity contribution in [3.63, 3.8) is 0 Å². The van der Waals surface area contributed by atoms with Crippen LogP contribution < -0.4 is 0 Å². The number of hydrogen-bond donors (Lipinski definition) is 0. The van der Waals surface area contributed by atoms with E-state index in [1.807, 2.05) is 13.8 Å². The molecule has 2 rings (SSSR count). The van der Waals surface area contributed by atoms with E-state index < -0.39 is 4.92 Å². The van der Waals surface area contributed by atoms with Crippen LogP contribution in [-0.2, 0) is 0 Å². The molecule has 1 aromatic rings. The summed E-state index contributed by atoms with van der Waals surface area (Å²) >= 11 is 5.93. The maximum atomic E-state index is 12.6. The van der Waals surface area contributed by atoms with Gasteiger partial charge < -0.3 is 4.90 Å². The first-order valence-corrected chi connectivity index (χ1v) is 6.92. The van der Waals surface area contributed by atoms with Crippen LogP contribution >= 0.6 is 11.6 Å². The van der Waals surface area contributed by atoms with Gasteiger partial charge in [0.15, 0.2) is 0 Å². The van der Waals surface area contributed by atoms with Gasteiger partial charge in [-0.05, 0) is 33.1 Å². The van der Waals surface area contributed by atoms with E-state index in [1.54, 1.807) is 4.90 Å². The highest BCUT2D eigenvalue weighted by molar-refractivity contribution is 6.32. The lowest BCUT2D eigenvalue weighted by Gasteiger charge is -2.39. The summed E-state index contributed by atoms with van der Waals surface area (Å²) in [5.74, 6) is -0.286. The molecule has 0 N–H and O–H groups in total. The zero-order valence-corrected chi connectivity index (χ0v) is 12.1. The van der Waals surface area contributed by atoms with Gasteiger partial charge in [-0.2, -0.15) is 0 Å². The molecule has 1 amide bonds. The van der Waals surface area contributed by atoms with Gasteiger partial charge in [0, 0.05) is 18.2 Å². The van der Waals surface area contributed by atoms with E-state index >= 15 is 0 Å². The molecule has 1 fully saturated rings. The number of piperidine rings is 1. The standard InChI is InChI=1S/C13H16ClN3O3/c1-8-4-3-5-9(2)16(8)13(18)11-6-10(17(19)20)7-15-12(11)14/h6-9H,3-5H2,1-2H3. The summed E-state index contributed by atoms with van der Waals surface area (Å²) in [6.45, 7) is 3.96. The van der Waals surface area contributed by atoms with Crippen LogP contribution in [0.2, 0.25) is 5.15 Å². The Labute approximate surface area is 121 Å². The van der Waals surface area contributed by atoms with Gasteiger partial charge in [0.25, 0.3) is 11.6 Å². The van der Waals surface area contributed by atoms with Crippen molar-refractivity contribution in [2.45, 2.75) is 45.2 Å². The van der Waals surface area contributed by atoms with Crippen molar-refractivity contribution < 1.29 is 9.72 Å². The van der Waals surface area contributed by atoms with Gasteiger partial charge in [-0.1, -0.05) is 11.6 Å². The van der Waals surface area contributed by atoms with Gasteiger partial charge in [0.1, 0.15) is 11.3 Å². The molecule has 0 aromatic carbocycles. The van der Waals surface area contributed by atoms with Crippen LogP contribution in [0.15, 0.2) is 12.3 Å². The van der Waals surface area contributed by atoms with Crippen molar-refractivity contribution in [2.75, 3.05) is 0 Å². The predicted octanol–water partition coefficient (Wildman–Crippen LogP) is 3.05. The van der Waals surface area contributed by atoms with E-state index in [1.165, 1.54) is 6.07 Å². The fourth-order valence-corrected chi connectivity index (χ4v) is 2.83. The van der Waals surface area contributed by atoms with Crippen LogP contribution in [-0.4, -0.2) is 32.8 Å². The van der Waals surface area contributed by atoms with E-state index in [4.69, 9.17) is 11.6 Å². The highest BCUT2D eigenvalue weighted by Gasteiger charge is 2.31. The predicted molar refractivity (Wildman–Crippen MR) is 74.8 cm³/mol. The molecule has 7 heteroatoms. The van der Waals surface area contributed by atoms with Gasteiger partial charge in [-0.3, -0.25) is 14.9 Å². The lowest BCUT2D eigenvalue weighted by Crippen LogP contribution is -2.47. The third-order valence-corrected chi connectivity index (χ3v) is 4.00. The molecule has 0 aliphatic carbocycles. The minimum atomic E-state index is -0.580. The molecule has 1 aliphatic rings. The second-order valence-electron chi connectivity index (χ2n) is 5.13. The number of hydrogen-bond acceptors (Lipinski definition) is 4. The molecule has 1 aliphatic heterocycles. The van der Waals surface area contributed by atoms with Gasteiger partial charge >= 0.3 is 0 Å². The summed E-state index contributed by atoms with van der Waals surface area (Å²) < 4.78 is 0. The maximum absolute atomic E-state index is 12.6. The monoisotopic (exact) mass is 297 g/mol. The lowest BCUT2D eigenvalue weighted by atomic mass is 9.96. The summed E-state index contributed by atoms with van der Waals surface area (Å²) in [6.07, 6.45) is 3.99. The average Bonchev–Trinajstić information content (AvgIpc) is 2.38. The maximum Gasteiger partial charge on any atom is 0.288 e. The van der Waals surface area contributed by atoms with Crippen molar-refractivity contribution in [3.05, 3.63) is 33.1 Å². The smallest absolute Gasteiger partial charge is 0.288 e. The summed E-state index contributed by atoms with van der Waals surface area (Å²) in [5, 5.41) is 10.8. The number of likely N-dealkylation sites (tertiary alicyclic amines) is 1. The van der Waals surface area contributed by atoms with E-state index in [0.29, 0.717) is 0 Å². The van der Waals surface area contributed by atoms with E-state index in [0.717, 1.165) is 25.5 Å². The number of carbonyl (C=O) groups excluding carboxylic acids is 1. The Morgan fingerprint density at radius 2 is 2.05 bits per heavy atom. The molecule has 20 heavy (non-hydrogen) atoms. The third-order valence-electron chi connectivity index (χ3n) is 3.69. The van der Waals surface area contributed by atoms with Crippen molar-refractivity contribution in [2.24, 2.45) is 0 Å². The van der Waals surface area contributed by atoms with Crippen LogP contribution in [0.3, 0.4) is 0 Å². The number of halogens is 1. The van der Waals surface area contributed by atoms with E-state index in [9.17, 15) is 14.9 Å². The van der Waals surface area contributed by atoms with Gasteiger partial charge in [0.05, 0.1) is 10.5 Å². The first-order chi connectivity index (χ1) is 9.41. The fraction of sp³-hybridized carbons (Fsp3) is 0.538. The Morgan fingerprint density at radius 1 is 1.45 bits per heavy atom. The van der Waals surface area contributed by atoms with Crippen molar-refractivity contribution in [3.8, 4) is 0 Å². The van der Waals surface area contributed by atoms with Crippen LogP contribution in [0.5, 0.6) is 0 Å². The van der Waals surface area contributed by atoms with Gasteiger partial charge in [-0.15, -0.1) is 0 Å². The first kappa shape index (κ1) is 14.7. The Kier molecular flexibility index (Phi) is 4.23. The third kappa shape index (κ3) is 2.75. The van der Waals surface area contributed by atoms with Crippen molar-refractivity contribution in [1.29, 1.82) is 0 Å². The highest BCUT2D eigenvalue weighted by atomic mass is 35.5. The lowest BCUT2D eigenvalue weighted by molar-refractivity contribution is -0.385. The normalized spacial score (nSPS) is 22.6. The Morgan fingerprint density at radius 3 is 2.60 bits per heavy atom. The molecule has 2 unspecified atom stereocenters. The molecular formula is C13H16ClN3O3. The minimum absolute atomic E-state index is 0.00516. The zero-order valence-electron chi connectivity index (χ0n) is 11.4. The van der Waals surface area contributed by atoms with Gasteiger partial charge in [-0.25, -0.2) is 4.98 Å². The molecule has 0 bridgehead atoms. The second kappa shape index (κ2) is 5.75. The molecule has 0 saturated carbocycles. The fourth-order valence-electron chi connectivity index (χ4n) is 2.65. The molecule has 1 saturated heterocycles. The van der Waals surface area contributed by atoms with Gasteiger partial charge in [0.2, 0.25) is 0 Å². The molecule has 6 nitrogen and oxygen atoms in total. The van der Waals surface area contributed by atoms with Crippen molar-refractivity contribution in [1.82, 2.24) is 9.88 Å². The summed E-state index contributed by atoms with van der Waals surface area (Å²) in [4.78, 5) is 28.3. The van der Waals surface area contributed by atoms with Crippen LogP contribution in [0.1, 0.15) is 43.5 Å². The van der Waals surface area contributed by atoms with Crippen LogP contribution in [0.4, 0.5) is 5.69 Å². The summed E-state index contributed by atoms with van der Waals surface area (Å²) in [7, 11) is 0. The quantitative estimate of drug-likeness (QED) is 0.477. The number of rotatable bonds is 2. The molecule has 0 spiro atoms. The Bertz CT molecular complexity index is 540. The number of pyridine rings is 1. The summed E-state index contributed by atoms with van der Waals surface area (Å²) in [5.41, 5.74) is -0.128. The number of aromatic nitrogens is 1. The highest BCUT2D eigenvalue weighted by Crippen LogP contribution is 2.27. The van der Waals surface area contributed by atoms with E-state index in [2.05, 4.69) is 4.98 Å². The molecule has 2 heterocycles. The summed E-state index contributed by atoms with van der Waals surface area (Å²) in [6, 6.07) is 1.40. The molecule has 2 atom stereocenters. The number of carbonyl (C=O) groups is 1. The Hall–Kier alpha value is -1.69. The minimum Gasteiger partial charge on any atom is -0.333 e. The second-order valence-corrected chi connectivity index (χ2v) is 5.49. The number of nitrogens with zero attached hydrogens (tertiary/aromatic N) is 3. The SMILES string of the molecule is CC1CCCC(C)N1C(=O)c1cc([N+](=O)[O-])cnc1Cl. The van der Waals surface area contributed by atoms with Crippen LogP contribution in [0.25, 0.3) is 0 Å². The topological polar surface area (TPSA) is 76.3 Å². The largest absolute Gasteiger partial charge is 0.333 e. The number of amides is 1. The average molecular weight is 298 g/mol. The van der Waals surface area contributed by atoms with Crippen molar-refractivity contribution >= 4 is 23.2 Å². The molecule has 108 valence electrons. The molecule has 0 radical (unpaired) electrons.